The van der Waals surface area contributed by atoms with Crippen LogP contribution in [0.2, 0.25) is 0 Å². The van der Waals surface area contributed by atoms with Gasteiger partial charge in [-0.15, -0.1) is 0 Å². The molecular formula is C10H15NO4S. The Labute approximate surface area is 99.1 Å². The average Bonchev–Trinajstić information content (AvgIpc) is 2.26. The second kappa shape index (κ2) is 7.12. The van der Waals surface area contributed by atoms with Crippen molar-refractivity contribution in [1.82, 2.24) is 0 Å². The second-order valence-corrected chi connectivity index (χ2v) is 3.90. The number of ether oxygens (including phenoxy) is 2. The van der Waals surface area contributed by atoms with Crippen LogP contribution in [0, 0.1) is 10.7 Å². The van der Waals surface area contributed by atoms with Gasteiger partial charge in [0.25, 0.3) is 0 Å². The van der Waals surface area contributed by atoms with Crippen molar-refractivity contribution in [2.24, 2.45) is 0 Å². The Balaban J connectivity index is 5.06. The van der Waals surface area contributed by atoms with E-state index in [-0.39, 0.29) is 19.6 Å². The minimum Gasteiger partial charge on any atom is -0.464 e. The van der Waals surface area contributed by atoms with E-state index in [0.29, 0.717) is 11.8 Å². The van der Waals surface area contributed by atoms with Gasteiger partial charge >= 0.3 is 11.9 Å². The predicted octanol–water partition coefficient (Wildman–Crippen LogP) is 1.48. The minimum atomic E-state index is -1.55. The maximum Gasteiger partial charge on any atom is 0.334 e. The number of thiocyanates is 1. The number of carbonyl (C=O) groups is 2. The van der Waals surface area contributed by atoms with Crippen molar-refractivity contribution in [3.63, 3.8) is 0 Å². The standard InChI is InChI=1S/C10H15NO4S/c1-4-10(16-7-11,8(12)14-5-2)9(13)15-6-3/h4-6H2,1-3H3. The fourth-order valence-corrected chi connectivity index (χ4v) is 1.69. The Morgan fingerprint density at radius 3 is 1.88 bits per heavy atom. The van der Waals surface area contributed by atoms with Crippen molar-refractivity contribution in [2.45, 2.75) is 31.9 Å². The zero-order valence-electron chi connectivity index (χ0n) is 9.61. The van der Waals surface area contributed by atoms with E-state index in [1.165, 1.54) is 0 Å². The van der Waals surface area contributed by atoms with Crippen molar-refractivity contribution < 1.29 is 19.1 Å². The van der Waals surface area contributed by atoms with Gasteiger partial charge in [0.2, 0.25) is 4.75 Å². The highest BCUT2D eigenvalue weighted by Gasteiger charge is 2.48. The third-order valence-electron chi connectivity index (χ3n) is 1.93. The lowest BCUT2D eigenvalue weighted by atomic mass is 10.1. The van der Waals surface area contributed by atoms with E-state index in [0.717, 1.165) is 0 Å². The number of nitrogens with zero attached hydrogens (tertiary/aromatic N) is 1. The van der Waals surface area contributed by atoms with E-state index in [4.69, 9.17) is 14.7 Å². The van der Waals surface area contributed by atoms with Gasteiger partial charge in [0.05, 0.1) is 13.2 Å². The summed E-state index contributed by atoms with van der Waals surface area (Å²) in [6.07, 6.45) is 0.156. The molecule has 0 aliphatic carbocycles. The molecule has 0 N–H and O–H groups in total. The van der Waals surface area contributed by atoms with Crippen LogP contribution >= 0.6 is 11.8 Å². The quantitative estimate of drug-likeness (QED) is 0.401. The first kappa shape index (κ1) is 14.8. The zero-order valence-corrected chi connectivity index (χ0v) is 10.4. The molecule has 0 fully saturated rings. The van der Waals surface area contributed by atoms with Crippen LogP contribution in [0.4, 0.5) is 0 Å². The van der Waals surface area contributed by atoms with Crippen molar-refractivity contribution >= 4 is 23.7 Å². The van der Waals surface area contributed by atoms with Crippen LogP contribution in [-0.2, 0) is 19.1 Å². The van der Waals surface area contributed by atoms with Gasteiger partial charge in [-0.05, 0) is 32.0 Å². The van der Waals surface area contributed by atoms with Crippen LogP contribution in [0.3, 0.4) is 0 Å². The number of rotatable bonds is 6. The van der Waals surface area contributed by atoms with Gasteiger partial charge in [0.15, 0.2) is 0 Å². The third kappa shape index (κ3) is 3.14. The van der Waals surface area contributed by atoms with Gasteiger partial charge in [-0.25, -0.2) is 9.59 Å². The monoisotopic (exact) mass is 245 g/mol. The highest BCUT2D eigenvalue weighted by atomic mass is 32.2. The Morgan fingerprint density at radius 2 is 1.62 bits per heavy atom. The van der Waals surface area contributed by atoms with Gasteiger partial charge in [-0.3, -0.25) is 0 Å². The van der Waals surface area contributed by atoms with Gasteiger partial charge in [0.1, 0.15) is 5.40 Å². The fraction of sp³-hybridized carbons (Fsp3) is 0.700. The molecule has 16 heavy (non-hydrogen) atoms. The van der Waals surface area contributed by atoms with Crippen LogP contribution in [0.5, 0.6) is 0 Å². The molecule has 0 aliphatic rings. The molecule has 0 aromatic carbocycles. The number of carbonyl (C=O) groups excluding carboxylic acids is 2. The number of nitriles is 1. The molecule has 0 aliphatic heterocycles. The molecule has 90 valence electrons. The van der Waals surface area contributed by atoms with Crippen LogP contribution in [0.15, 0.2) is 0 Å². The highest BCUT2D eigenvalue weighted by Crippen LogP contribution is 2.31. The average molecular weight is 245 g/mol. The number of hydrogen-bond donors (Lipinski definition) is 0. The molecule has 0 aromatic rings. The van der Waals surface area contributed by atoms with E-state index in [9.17, 15) is 9.59 Å². The molecule has 0 rings (SSSR count). The summed E-state index contributed by atoms with van der Waals surface area (Å²) in [5, 5.41) is 10.4. The summed E-state index contributed by atoms with van der Waals surface area (Å²) >= 11 is 0.576. The normalized spacial score (nSPS) is 10.4. The topological polar surface area (TPSA) is 76.4 Å². The minimum absolute atomic E-state index is 0.156. The third-order valence-corrected chi connectivity index (χ3v) is 2.99. The van der Waals surface area contributed by atoms with E-state index in [2.05, 4.69) is 0 Å². The molecule has 0 unspecified atom stereocenters. The molecule has 0 atom stereocenters. The second-order valence-electron chi connectivity index (χ2n) is 2.81. The summed E-state index contributed by atoms with van der Waals surface area (Å²) in [7, 11) is 0. The number of esters is 2. The lowest BCUT2D eigenvalue weighted by molar-refractivity contribution is -0.158. The van der Waals surface area contributed by atoms with E-state index >= 15 is 0 Å². The van der Waals surface area contributed by atoms with Crippen molar-refractivity contribution in [1.29, 1.82) is 5.26 Å². The van der Waals surface area contributed by atoms with Gasteiger partial charge in [0, 0.05) is 0 Å². The zero-order chi connectivity index (χ0) is 12.6. The lowest BCUT2D eigenvalue weighted by Crippen LogP contribution is -2.45. The summed E-state index contributed by atoms with van der Waals surface area (Å²) in [6, 6.07) is 0. The maximum absolute atomic E-state index is 11.7. The summed E-state index contributed by atoms with van der Waals surface area (Å²) < 4.78 is 8.06. The Morgan fingerprint density at radius 1 is 1.19 bits per heavy atom. The Kier molecular flexibility index (Phi) is 6.58. The van der Waals surface area contributed by atoms with E-state index < -0.39 is 16.7 Å². The molecule has 0 bridgehead atoms. The van der Waals surface area contributed by atoms with Crippen LogP contribution in [0.25, 0.3) is 0 Å². The molecule has 0 spiro atoms. The Bertz CT molecular complexity index is 280. The van der Waals surface area contributed by atoms with Crippen molar-refractivity contribution in [3.05, 3.63) is 0 Å². The molecule has 5 nitrogen and oxygen atoms in total. The van der Waals surface area contributed by atoms with Crippen molar-refractivity contribution in [3.8, 4) is 5.40 Å². The summed E-state index contributed by atoms with van der Waals surface area (Å²) in [5.41, 5.74) is 0. The molecule has 0 radical (unpaired) electrons. The van der Waals surface area contributed by atoms with Gasteiger partial charge in [-0.2, -0.15) is 5.26 Å². The summed E-state index contributed by atoms with van der Waals surface area (Å²) in [5.74, 6) is -1.44. The molecule has 0 saturated heterocycles. The smallest absolute Gasteiger partial charge is 0.334 e. The van der Waals surface area contributed by atoms with E-state index in [1.807, 2.05) is 0 Å². The first-order valence-corrected chi connectivity index (χ1v) is 5.82. The molecular weight excluding hydrogens is 230 g/mol. The van der Waals surface area contributed by atoms with Crippen LogP contribution in [-0.4, -0.2) is 29.9 Å². The largest absolute Gasteiger partial charge is 0.464 e. The van der Waals surface area contributed by atoms with Gasteiger partial charge in [-0.1, -0.05) is 6.92 Å². The van der Waals surface area contributed by atoms with E-state index in [1.54, 1.807) is 26.2 Å². The summed E-state index contributed by atoms with van der Waals surface area (Å²) in [4.78, 5) is 23.4. The molecule has 0 heterocycles. The molecule has 6 heteroatoms. The predicted molar refractivity (Wildman–Crippen MR) is 59.5 cm³/mol. The number of thioether (sulfide) groups is 1. The SMILES string of the molecule is CCOC(=O)C(CC)(SC#N)C(=O)OCC. The Hall–Kier alpha value is -1.22. The van der Waals surface area contributed by atoms with Crippen LogP contribution < -0.4 is 0 Å². The fourth-order valence-electron chi connectivity index (χ4n) is 1.10. The van der Waals surface area contributed by atoms with Crippen molar-refractivity contribution in [2.75, 3.05) is 13.2 Å². The molecule has 0 amide bonds. The maximum atomic E-state index is 11.7. The van der Waals surface area contributed by atoms with Gasteiger partial charge < -0.3 is 9.47 Å². The highest BCUT2D eigenvalue weighted by molar-refractivity contribution is 8.06. The first-order chi connectivity index (χ1) is 7.58. The molecule has 0 aromatic heterocycles. The van der Waals surface area contributed by atoms with Crippen LogP contribution in [0.1, 0.15) is 27.2 Å². The molecule has 0 saturated carbocycles. The number of hydrogen-bond acceptors (Lipinski definition) is 6. The lowest BCUT2D eigenvalue weighted by Gasteiger charge is -2.23. The summed E-state index contributed by atoms with van der Waals surface area (Å²) in [6.45, 7) is 5.23. The first-order valence-electron chi connectivity index (χ1n) is 5.00.